The van der Waals surface area contributed by atoms with Crippen molar-refractivity contribution >= 4 is 17.8 Å². The molecule has 180 valence electrons. The summed E-state index contributed by atoms with van der Waals surface area (Å²) in [5.74, 6) is 0.0647. The molecule has 2 aliphatic heterocycles. The standard InChI is InChI=1S/C26H38N4O3/c1-2-20-11-13-26(14-12-20)24(32)30(25(33)28-26)19-23(31)27-17-21-7-9-22(10-8-21)18-29-15-5-3-4-6-16-29/h7-10,20H,2-6,11-19H2,1H3,(H,27,31)(H,28,33). The molecular weight excluding hydrogens is 416 g/mol. The Balaban J connectivity index is 1.24. The van der Waals surface area contributed by atoms with E-state index in [1.807, 2.05) is 12.1 Å². The van der Waals surface area contributed by atoms with Crippen LogP contribution in [-0.4, -0.2) is 52.8 Å². The maximum Gasteiger partial charge on any atom is 0.325 e. The molecule has 1 spiro atoms. The summed E-state index contributed by atoms with van der Waals surface area (Å²) in [5, 5.41) is 5.75. The number of nitrogens with one attached hydrogen (secondary N) is 2. The number of imide groups is 1. The molecule has 0 aromatic heterocycles. The van der Waals surface area contributed by atoms with Crippen LogP contribution >= 0.6 is 0 Å². The summed E-state index contributed by atoms with van der Waals surface area (Å²) in [6, 6.07) is 7.90. The number of nitrogens with zero attached hydrogens (tertiary/aromatic N) is 2. The van der Waals surface area contributed by atoms with Crippen LogP contribution < -0.4 is 10.6 Å². The largest absolute Gasteiger partial charge is 0.350 e. The van der Waals surface area contributed by atoms with Gasteiger partial charge in [-0.25, -0.2) is 4.79 Å². The van der Waals surface area contributed by atoms with Crippen LogP contribution in [0, 0.1) is 5.92 Å². The average molecular weight is 455 g/mol. The van der Waals surface area contributed by atoms with E-state index in [-0.39, 0.29) is 18.4 Å². The van der Waals surface area contributed by atoms with E-state index in [9.17, 15) is 14.4 Å². The van der Waals surface area contributed by atoms with Gasteiger partial charge in [0.15, 0.2) is 0 Å². The molecule has 2 heterocycles. The lowest BCUT2D eigenvalue weighted by Crippen LogP contribution is -2.50. The Bertz CT molecular complexity index is 838. The predicted molar refractivity (Wildman–Crippen MR) is 127 cm³/mol. The van der Waals surface area contributed by atoms with Gasteiger partial charge >= 0.3 is 6.03 Å². The maximum absolute atomic E-state index is 13.0. The quantitative estimate of drug-likeness (QED) is 0.617. The third-order valence-corrected chi connectivity index (χ3v) is 7.70. The van der Waals surface area contributed by atoms with Crippen LogP contribution in [0.3, 0.4) is 0 Å². The van der Waals surface area contributed by atoms with Gasteiger partial charge in [0.25, 0.3) is 5.91 Å². The van der Waals surface area contributed by atoms with Crippen molar-refractivity contribution < 1.29 is 14.4 Å². The van der Waals surface area contributed by atoms with Crippen molar-refractivity contribution in [3.05, 3.63) is 35.4 Å². The minimum Gasteiger partial charge on any atom is -0.350 e. The third kappa shape index (κ3) is 5.75. The molecule has 0 radical (unpaired) electrons. The van der Waals surface area contributed by atoms with Crippen molar-refractivity contribution in [2.45, 2.75) is 83.3 Å². The zero-order valence-electron chi connectivity index (χ0n) is 19.9. The van der Waals surface area contributed by atoms with Gasteiger partial charge in [-0.3, -0.25) is 19.4 Å². The lowest BCUT2D eigenvalue weighted by molar-refractivity contribution is -0.136. The predicted octanol–water partition coefficient (Wildman–Crippen LogP) is 3.57. The molecule has 2 N–H and O–H groups in total. The molecule has 33 heavy (non-hydrogen) atoms. The Morgan fingerprint density at radius 3 is 2.30 bits per heavy atom. The van der Waals surface area contributed by atoms with E-state index >= 15 is 0 Å². The Kier molecular flexibility index (Phi) is 7.68. The van der Waals surface area contributed by atoms with Gasteiger partial charge < -0.3 is 10.6 Å². The highest BCUT2D eigenvalue weighted by Crippen LogP contribution is 2.37. The van der Waals surface area contributed by atoms with Gasteiger partial charge in [-0.05, 0) is 68.7 Å². The first-order valence-electron chi connectivity index (χ1n) is 12.7. The smallest absolute Gasteiger partial charge is 0.325 e. The normalized spacial score (nSPS) is 26.3. The molecule has 1 aromatic carbocycles. The van der Waals surface area contributed by atoms with Crippen molar-refractivity contribution in [1.82, 2.24) is 20.4 Å². The van der Waals surface area contributed by atoms with E-state index in [1.165, 1.54) is 44.3 Å². The highest BCUT2D eigenvalue weighted by atomic mass is 16.2. The van der Waals surface area contributed by atoms with E-state index in [2.05, 4.69) is 34.6 Å². The van der Waals surface area contributed by atoms with Gasteiger partial charge in [-0.15, -0.1) is 0 Å². The van der Waals surface area contributed by atoms with Crippen LogP contribution in [0.5, 0.6) is 0 Å². The fraction of sp³-hybridized carbons (Fsp3) is 0.654. The van der Waals surface area contributed by atoms with E-state index in [0.29, 0.717) is 25.3 Å². The second kappa shape index (κ2) is 10.7. The minimum atomic E-state index is -0.799. The zero-order valence-corrected chi connectivity index (χ0v) is 19.9. The van der Waals surface area contributed by atoms with Crippen LogP contribution in [0.25, 0.3) is 0 Å². The van der Waals surface area contributed by atoms with Crippen LogP contribution in [-0.2, 0) is 22.7 Å². The summed E-state index contributed by atoms with van der Waals surface area (Å²) < 4.78 is 0. The molecule has 3 fully saturated rings. The molecule has 1 saturated carbocycles. The number of benzene rings is 1. The topological polar surface area (TPSA) is 81.8 Å². The van der Waals surface area contributed by atoms with Crippen molar-refractivity contribution in [2.24, 2.45) is 5.92 Å². The number of carbonyl (C=O) groups excluding carboxylic acids is 3. The second-order valence-electron chi connectivity index (χ2n) is 10.0. The van der Waals surface area contributed by atoms with Crippen molar-refractivity contribution in [1.29, 1.82) is 0 Å². The molecule has 1 aliphatic carbocycles. The highest BCUT2D eigenvalue weighted by molar-refractivity contribution is 6.09. The number of urea groups is 1. The summed E-state index contributed by atoms with van der Waals surface area (Å²) in [6.45, 7) is 5.63. The fourth-order valence-electron chi connectivity index (χ4n) is 5.45. The minimum absolute atomic E-state index is 0.226. The van der Waals surface area contributed by atoms with Gasteiger partial charge in [0.05, 0.1) is 0 Å². The SMILES string of the molecule is CCC1CCC2(CC1)NC(=O)N(CC(=O)NCc1ccc(CN3CCCCCC3)cc1)C2=O. The van der Waals surface area contributed by atoms with Crippen LogP contribution in [0.4, 0.5) is 4.79 Å². The molecule has 1 aromatic rings. The number of amides is 4. The van der Waals surface area contributed by atoms with Crippen molar-refractivity contribution in [2.75, 3.05) is 19.6 Å². The van der Waals surface area contributed by atoms with Gasteiger partial charge in [0, 0.05) is 13.1 Å². The molecule has 0 atom stereocenters. The summed E-state index contributed by atoms with van der Waals surface area (Å²) in [4.78, 5) is 41.5. The maximum atomic E-state index is 13.0. The Labute approximate surface area is 197 Å². The molecule has 4 amide bonds. The van der Waals surface area contributed by atoms with Crippen LogP contribution in [0.15, 0.2) is 24.3 Å². The van der Waals surface area contributed by atoms with Gasteiger partial charge in [-0.1, -0.05) is 50.5 Å². The van der Waals surface area contributed by atoms with Gasteiger partial charge in [0.1, 0.15) is 12.1 Å². The average Bonchev–Trinajstić information content (AvgIpc) is 3.00. The molecule has 0 unspecified atom stereocenters. The molecule has 3 aliphatic rings. The highest BCUT2D eigenvalue weighted by Gasteiger charge is 2.52. The number of carbonyl (C=O) groups is 3. The van der Waals surface area contributed by atoms with Gasteiger partial charge in [-0.2, -0.15) is 0 Å². The summed E-state index contributed by atoms with van der Waals surface area (Å²) >= 11 is 0. The number of likely N-dealkylation sites (tertiary alicyclic amines) is 1. The molecule has 7 heteroatoms. The Morgan fingerprint density at radius 1 is 1.03 bits per heavy atom. The fourth-order valence-corrected chi connectivity index (χ4v) is 5.45. The van der Waals surface area contributed by atoms with E-state index in [4.69, 9.17) is 0 Å². The lowest BCUT2D eigenvalue weighted by Gasteiger charge is -2.34. The molecule has 4 rings (SSSR count). The number of hydrogen-bond donors (Lipinski definition) is 2. The van der Waals surface area contributed by atoms with E-state index in [1.54, 1.807) is 0 Å². The summed E-state index contributed by atoms with van der Waals surface area (Å²) in [6.07, 6.45) is 9.54. The molecule has 7 nitrogen and oxygen atoms in total. The summed E-state index contributed by atoms with van der Waals surface area (Å²) in [7, 11) is 0. The first kappa shape index (κ1) is 23.7. The molecule has 0 bridgehead atoms. The van der Waals surface area contributed by atoms with Crippen LogP contribution in [0.2, 0.25) is 0 Å². The van der Waals surface area contributed by atoms with E-state index in [0.717, 1.165) is 36.3 Å². The Morgan fingerprint density at radius 2 is 1.67 bits per heavy atom. The van der Waals surface area contributed by atoms with Gasteiger partial charge in [0.2, 0.25) is 5.91 Å². The Hall–Kier alpha value is -2.41. The lowest BCUT2D eigenvalue weighted by atomic mass is 9.75. The molecular formula is C26H38N4O3. The summed E-state index contributed by atoms with van der Waals surface area (Å²) in [5.41, 5.74) is 1.50. The first-order valence-corrected chi connectivity index (χ1v) is 12.7. The third-order valence-electron chi connectivity index (χ3n) is 7.70. The van der Waals surface area contributed by atoms with Crippen LogP contribution in [0.1, 0.15) is 75.8 Å². The number of rotatable bonds is 7. The van der Waals surface area contributed by atoms with Crippen molar-refractivity contribution in [3.8, 4) is 0 Å². The number of hydrogen-bond acceptors (Lipinski definition) is 4. The van der Waals surface area contributed by atoms with Crippen molar-refractivity contribution in [3.63, 3.8) is 0 Å². The first-order chi connectivity index (χ1) is 16.0. The monoisotopic (exact) mass is 454 g/mol. The molecule has 2 saturated heterocycles. The second-order valence-corrected chi connectivity index (χ2v) is 10.0. The zero-order chi connectivity index (χ0) is 23.3. The van der Waals surface area contributed by atoms with E-state index < -0.39 is 11.6 Å².